The van der Waals surface area contributed by atoms with E-state index in [4.69, 9.17) is 11.6 Å². The van der Waals surface area contributed by atoms with Gasteiger partial charge in [0.25, 0.3) is 0 Å². The molecule has 0 N–H and O–H groups in total. The number of hydrogen-bond donors (Lipinski definition) is 0. The minimum absolute atomic E-state index is 0.0508. The summed E-state index contributed by atoms with van der Waals surface area (Å²) in [6.07, 6.45) is 0. The highest BCUT2D eigenvalue weighted by atomic mass is 79.9. The molecule has 18 heavy (non-hydrogen) atoms. The lowest BCUT2D eigenvalue weighted by atomic mass is 10.2. The Kier molecular flexibility index (Phi) is 4.03. The summed E-state index contributed by atoms with van der Waals surface area (Å²) in [6.45, 7) is 5.91. The third-order valence-corrected chi connectivity index (χ3v) is 6.93. The molecule has 3 atom stereocenters. The largest absolute Gasteiger partial charge is 0.242 e. The first-order valence-electron chi connectivity index (χ1n) is 5.50. The summed E-state index contributed by atoms with van der Waals surface area (Å²) in [5, 5.41) is 0.706. The molecule has 1 aliphatic heterocycles. The van der Waals surface area contributed by atoms with E-state index in [0.717, 1.165) is 5.56 Å². The zero-order valence-electron chi connectivity index (χ0n) is 10.3. The van der Waals surface area contributed by atoms with E-state index < -0.39 is 14.3 Å². The predicted molar refractivity (Wildman–Crippen MR) is 84.5 cm³/mol. The average molecular weight is 416 g/mol. The molecule has 0 aliphatic carbocycles. The summed E-state index contributed by atoms with van der Waals surface area (Å²) >= 11 is 13.1. The number of benzene rings is 1. The molecule has 1 fully saturated rings. The van der Waals surface area contributed by atoms with E-state index in [1.54, 1.807) is 0 Å². The van der Waals surface area contributed by atoms with E-state index in [-0.39, 0.29) is 10.8 Å². The van der Waals surface area contributed by atoms with Crippen molar-refractivity contribution in [2.75, 3.05) is 0 Å². The Hall–Kier alpha value is 0.580. The lowest BCUT2D eigenvalue weighted by Crippen LogP contribution is -2.28. The molecule has 0 aromatic heterocycles. The van der Waals surface area contributed by atoms with Crippen LogP contribution in [0.1, 0.15) is 32.4 Å². The van der Waals surface area contributed by atoms with Crippen LogP contribution in [0.25, 0.3) is 0 Å². The fourth-order valence-corrected chi connectivity index (χ4v) is 5.37. The highest BCUT2D eigenvalue weighted by Gasteiger charge is 2.65. The quantitative estimate of drug-likeness (QED) is 0.393. The second-order valence-electron chi connectivity index (χ2n) is 5.23. The monoisotopic (exact) mass is 413 g/mol. The highest BCUT2D eigenvalue weighted by Crippen LogP contribution is 2.63. The maximum absolute atomic E-state index is 12.4. The molecule has 0 bridgehead atoms. The Balaban J connectivity index is 2.26. The lowest BCUT2D eigenvalue weighted by Gasteiger charge is -2.19. The minimum atomic E-state index is -1.08. The van der Waals surface area contributed by atoms with Gasteiger partial charge in [0.05, 0.1) is 10.8 Å². The molecule has 1 aliphatic rings. The van der Waals surface area contributed by atoms with Crippen molar-refractivity contribution in [1.82, 2.24) is 4.31 Å². The Morgan fingerprint density at radius 2 is 1.78 bits per heavy atom. The maximum Gasteiger partial charge on any atom is 0.165 e. The summed E-state index contributed by atoms with van der Waals surface area (Å²) in [7, 11) is -1.08. The molecular weight excluding hydrogens is 401 g/mol. The van der Waals surface area contributed by atoms with Crippen LogP contribution >= 0.6 is 43.5 Å². The smallest absolute Gasteiger partial charge is 0.165 e. The Labute approximate surface area is 132 Å². The van der Waals surface area contributed by atoms with Gasteiger partial charge in [0.2, 0.25) is 0 Å². The molecule has 6 heteroatoms. The molecule has 2 rings (SSSR count). The number of hydrogen-bond acceptors (Lipinski definition) is 1. The van der Waals surface area contributed by atoms with Gasteiger partial charge in [0.1, 0.15) is 11.0 Å². The fourth-order valence-electron chi connectivity index (χ4n) is 1.71. The molecule has 1 heterocycles. The number of rotatable bonds is 2. The lowest BCUT2D eigenvalue weighted by molar-refractivity contribution is 0.605. The van der Waals surface area contributed by atoms with Crippen molar-refractivity contribution in [3.8, 4) is 0 Å². The van der Waals surface area contributed by atoms with Gasteiger partial charge in [0.15, 0.2) is 3.36 Å². The molecule has 1 aromatic rings. The summed E-state index contributed by atoms with van der Waals surface area (Å²) in [4.78, 5) is 0. The van der Waals surface area contributed by atoms with E-state index in [9.17, 15) is 4.21 Å². The summed E-state index contributed by atoms with van der Waals surface area (Å²) < 4.78 is 13.6. The number of nitrogens with zero attached hydrogens (tertiary/aromatic N) is 1. The van der Waals surface area contributed by atoms with Crippen LogP contribution < -0.4 is 0 Å². The predicted octanol–water partition coefficient (Wildman–Crippen LogP) is 4.60. The van der Waals surface area contributed by atoms with Crippen molar-refractivity contribution in [3.05, 3.63) is 34.9 Å². The number of alkyl halides is 2. The standard InChI is InChI=1S/C12H14Br2ClNOS/c1-11(2,3)18(17)16-10(12(16,13)14)8-4-6-9(15)7-5-8/h4-7,10H,1-3H3/t10-,16?,18?/m0/s1. The fraction of sp³-hybridized carbons (Fsp3) is 0.500. The molecule has 2 nitrogen and oxygen atoms in total. The molecule has 1 saturated heterocycles. The van der Waals surface area contributed by atoms with Gasteiger partial charge in [-0.3, -0.25) is 0 Å². The molecule has 0 radical (unpaired) electrons. The van der Waals surface area contributed by atoms with Crippen LogP contribution in [-0.2, 0) is 11.0 Å². The van der Waals surface area contributed by atoms with Crippen LogP contribution in [0.15, 0.2) is 24.3 Å². The summed E-state index contributed by atoms with van der Waals surface area (Å²) in [5.41, 5.74) is 1.09. The van der Waals surface area contributed by atoms with Gasteiger partial charge >= 0.3 is 0 Å². The van der Waals surface area contributed by atoms with Crippen LogP contribution in [-0.4, -0.2) is 16.6 Å². The molecule has 0 saturated carbocycles. The molecule has 0 spiro atoms. The van der Waals surface area contributed by atoms with Crippen molar-refractivity contribution in [2.24, 2.45) is 0 Å². The average Bonchev–Trinajstić information content (AvgIpc) is 2.80. The van der Waals surface area contributed by atoms with E-state index in [1.807, 2.05) is 49.3 Å². The van der Waals surface area contributed by atoms with Gasteiger partial charge in [-0.25, -0.2) is 4.21 Å². The third-order valence-electron chi connectivity index (χ3n) is 2.68. The summed E-state index contributed by atoms with van der Waals surface area (Å²) in [5.74, 6) is 0. The van der Waals surface area contributed by atoms with Crippen LogP contribution in [0.2, 0.25) is 5.02 Å². The van der Waals surface area contributed by atoms with E-state index in [1.165, 1.54) is 0 Å². The van der Waals surface area contributed by atoms with Gasteiger partial charge in [-0.15, -0.1) is 0 Å². The molecule has 1 aromatic carbocycles. The Bertz CT molecular complexity index is 484. The van der Waals surface area contributed by atoms with E-state index in [2.05, 4.69) is 31.9 Å². The van der Waals surface area contributed by atoms with Gasteiger partial charge in [0, 0.05) is 5.02 Å². The first-order chi connectivity index (χ1) is 8.15. The first-order valence-corrected chi connectivity index (χ1v) is 8.57. The van der Waals surface area contributed by atoms with Crippen LogP contribution in [0.5, 0.6) is 0 Å². The topological polar surface area (TPSA) is 20.1 Å². The number of halogens is 3. The zero-order valence-corrected chi connectivity index (χ0v) is 15.0. The normalized spacial score (nSPS) is 27.9. The zero-order chi connectivity index (χ0) is 13.7. The first kappa shape index (κ1) is 15.0. The van der Waals surface area contributed by atoms with Crippen molar-refractivity contribution in [3.63, 3.8) is 0 Å². The van der Waals surface area contributed by atoms with Crippen LogP contribution in [0.4, 0.5) is 0 Å². The summed E-state index contributed by atoms with van der Waals surface area (Å²) in [6, 6.07) is 7.68. The van der Waals surface area contributed by atoms with E-state index in [0.29, 0.717) is 5.02 Å². The van der Waals surface area contributed by atoms with Crippen LogP contribution in [0.3, 0.4) is 0 Å². The molecule has 100 valence electrons. The second kappa shape index (κ2) is 4.85. The van der Waals surface area contributed by atoms with Crippen molar-refractivity contribution in [2.45, 2.75) is 34.9 Å². The second-order valence-corrected chi connectivity index (χ2v) is 11.3. The Morgan fingerprint density at radius 1 is 1.28 bits per heavy atom. The molecular formula is C12H14Br2ClNOS. The Morgan fingerprint density at radius 3 is 2.22 bits per heavy atom. The SMILES string of the molecule is CC(C)(C)S(=O)N1[C@@H](c2ccc(Cl)cc2)C1(Br)Br. The van der Waals surface area contributed by atoms with Gasteiger partial charge in [-0.05, 0) is 38.5 Å². The molecule has 0 amide bonds. The third kappa shape index (κ3) is 2.70. The van der Waals surface area contributed by atoms with E-state index >= 15 is 0 Å². The molecule has 2 unspecified atom stereocenters. The van der Waals surface area contributed by atoms with Crippen molar-refractivity contribution < 1.29 is 4.21 Å². The maximum atomic E-state index is 12.4. The van der Waals surface area contributed by atoms with Crippen molar-refractivity contribution in [1.29, 1.82) is 0 Å². The van der Waals surface area contributed by atoms with Crippen molar-refractivity contribution >= 4 is 54.4 Å². The highest BCUT2D eigenvalue weighted by molar-refractivity contribution is 9.25. The minimum Gasteiger partial charge on any atom is -0.242 e. The van der Waals surface area contributed by atoms with Crippen LogP contribution in [0, 0.1) is 0 Å². The van der Waals surface area contributed by atoms with Gasteiger partial charge in [-0.1, -0.05) is 55.6 Å². The van der Waals surface area contributed by atoms with Gasteiger partial charge in [-0.2, -0.15) is 4.31 Å². The van der Waals surface area contributed by atoms with Gasteiger partial charge < -0.3 is 0 Å².